The van der Waals surface area contributed by atoms with E-state index in [1.807, 2.05) is 12.1 Å². The molecule has 1 saturated carbocycles. The standard InChI is InChI=1S/C18H17FO3/c19-11-7-14-15-9-13(21)5-6-17(15)22-18(16(14)8-11)10-1-3-12(20)4-2-10/h1-6,9,11,14,16,18,20-21H,7-8H2/t11-,14-,16-,18-/m1/s1. The fourth-order valence-corrected chi connectivity index (χ4v) is 3.83. The maximum atomic E-state index is 14.0. The van der Waals surface area contributed by atoms with Gasteiger partial charge in [0, 0.05) is 11.5 Å². The van der Waals surface area contributed by atoms with Gasteiger partial charge in [-0.05, 0) is 54.7 Å². The molecular formula is C18H17FO3. The van der Waals surface area contributed by atoms with Gasteiger partial charge in [-0.15, -0.1) is 0 Å². The second-order valence-electron chi connectivity index (χ2n) is 6.19. The van der Waals surface area contributed by atoms with E-state index in [0.717, 1.165) is 11.1 Å². The van der Waals surface area contributed by atoms with E-state index in [2.05, 4.69) is 0 Å². The van der Waals surface area contributed by atoms with E-state index in [0.29, 0.717) is 18.6 Å². The van der Waals surface area contributed by atoms with Gasteiger partial charge in [0.05, 0.1) is 0 Å². The SMILES string of the molecule is Oc1ccc([C@H]2Oc3ccc(O)cc3[C@H]3C[C@@H](F)C[C@H]32)cc1. The zero-order valence-electron chi connectivity index (χ0n) is 11.9. The molecule has 2 aromatic rings. The number of halogens is 1. The van der Waals surface area contributed by atoms with E-state index in [1.165, 1.54) is 0 Å². The maximum Gasteiger partial charge on any atom is 0.127 e. The Bertz CT molecular complexity index is 698. The minimum atomic E-state index is -0.841. The van der Waals surface area contributed by atoms with Crippen LogP contribution in [0.15, 0.2) is 42.5 Å². The van der Waals surface area contributed by atoms with E-state index in [1.54, 1.807) is 30.3 Å². The summed E-state index contributed by atoms with van der Waals surface area (Å²) in [6.07, 6.45) is -0.125. The number of ether oxygens (including phenoxy) is 1. The van der Waals surface area contributed by atoms with E-state index in [4.69, 9.17) is 4.74 Å². The van der Waals surface area contributed by atoms with Gasteiger partial charge in [-0.25, -0.2) is 4.39 Å². The van der Waals surface area contributed by atoms with Crippen molar-refractivity contribution >= 4 is 0 Å². The van der Waals surface area contributed by atoms with Crippen LogP contribution in [0.25, 0.3) is 0 Å². The Morgan fingerprint density at radius 3 is 2.45 bits per heavy atom. The number of rotatable bonds is 1. The van der Waals surface area contributed by atoms with Crippen molar-refractivity contribution in [2.24, 2.45) is 5.92 Å². The number of phenolic OH excluding ortho intramolecular Hbond substituents is 2. The van der Waals surface area contributed by atoms with Gasteiger partial charge in [0.25, 0.3) is 0 Å². The van der Waals surface area contributed by atoms with Crippen molar-refractivity contribution in [1.82, 2.24) is 0 Å². The number of benzene rings is 2. The quantitative estimate of drug-likeness (QED) is 0.835. The molecule has 22 heavy (non-hydrogen) atoms. The summed E-state index contributed by atoms with van der Waals surface area (Å²) in [5.41, 5.74) is 1.85. The molecule has 4 atom stereocenters. The van der Waals surface area contributed by atoms with Crippen molar-refractivity contribution in [3.05, 3.63) is 53.6 Å². The van der Waals surface area contributed by atoms with Gasteiger partial charge in [0.2, 0.25) is 0 Å². The van der Waals surface area contributed by atoms with Crippen LogP contribution in [0.1, 0.15) is 36.0 Å². The summed E-state index contributed by atoms with van der Waals surface area (Å²) in [6, 6.07) is 11.9. The number of alkyl halides is 1. The van der Waals surface area contributed by atoms with Crippen LogP contribution < -0.4 is 4.74 Å². The third kappa shape index (κ3) is 2.10. The van der Waals surface area contributed by atoms with Crippen LogP contribution in [-0.2, 0) is 0 Å². The lowest BCUT2D eigenvalue weighted by molar-refractivity contribution is 0.102. The summed E-state index contributed by atoms with van der Waals surface area (Å²) in [4.78, 5) is 0. The third-order valence-corrected chi connectivity index (χ3v) is 4.81. The van der Waals surface area contributed by atoms with Gasteiger partial charge < -0.3 is 14.9 Å². The summed E-state index contributed by atoms with van der Waals surface area (Å²) in [5.74, 6) is 1.22. The van der Waals surface area contributed by atoms with Gasteiger partial charge in [0.15, 0.2) is 0 Å². The van der Waals surface area contributed by atoms with Crippen LogP contribution in [0, 0.1) is 5.92 Å². The van der Waals surface area contributed by atoms with Crippen molar-refractivity contribution in [3.63, 3.8) is 0 Å². The topological polar surface area (TPSA) is 49.7 Å². The number of hydrogen-bond acceptors (Lipinski definition) is 3. The minimum absolute atomic E-state index is 0.0499. The van der Waals surface area contributed by atoms with Crippen molar-refractivity contribution in [3.8, 4) is 17.2 Å². The van der Waals surface area contributed by atoms with Gasteiger partial charge in [0.1, 0.15) is 29.5 Å². The normalized spacial score (nSPS) is 29.5. The highest BCUT2D eigenvalue weighted by Crippen LogP contribution is 2.55. The molecule has 4 rings (SSSR count). The van der Waals surface area contributed by atoms with Gasteiger partial charge in [-0.3, -0.25) is 0 Å². The zero-order valence-corrected chi connectivity index (χ0v) is 11.9. The summed E-state index contributed by atoms with van der Waals surface area (Å²) in [7, 11) is 0. The molecule has 0 saturated heterocycles. The van der Waals surface area contributed by atoms with Crippen molar-refractivity contribution in [2.45, 2.75) is 31.0 Å². The zero-order chi connectivity index (χ0) is 15.3. The molecule has 0 spiro atoms. The molecule has 114 valence electrons. The molecule has 0 bridgehead atoms. The van der Waals surface area contributed by atoms with E-state index in [-0.39, 0.29) is 29.4 Å². The largest absolute Gasteiger partial charge is 0.508 e. The number of aromatic hydroxyl groups is 2. The molecule has 1 heterocycles. The van der Waals surface area contributed by atoms with Crippen LogP contribution in [0.3, 0.4) is 0 Å². The molecule has 0 aromatic heterocycles. The van der Waals surface area contributed by atoms with Crippen LogP contribution in [-0.4, -0.2) is 16.4 Å². The van der Waals surface area contributed by atoms with Crippen LogP contribution >= 0.6 is 0 Å². The number of phenols is 2. The van der Waals surface area contributed by atoms with Crippen LogP contribution in [0.4, 0.5) is 4.39 Å². The Balaban J connectivity index is 1.78. The predicted molar refractivity (Wildman–Crippen MR) is 79.9 cm³/mol. The molecule has 0 unspecified atom stereocenters. The summed E-state index contributed by atoms with van der Waals surface area (Å²) in [6.45, 7) is 0. The highest BCUT2D eigenvalue weighted by atomic mass is 19.1. The Kier molecular flexibility index (Phi) is 2.99. The lowest BCUT2D eigenvalue weighted by atomic mass is 9.80. The van der Waals surface area contributed by atoms with Crippen LogP contribution in [0.5, 0.6) is 17.2 Å². The summed E-state index contributed by atoms with van der Waals surface area (Å²) < 4.78 is 20.1. The molecule has 4 heteroatoms. The Morgan fingerprint density at radius 2 is 1.68 bits per heavy atom. The van der Waals surface area contributed by atoms with E-state index < -0.39 is 6.17 Å². The second-order valence-corrected chi connectivity index (χ2v) is 6.19. The molecule has 2 aromatic carbocycles. The highest BCUT2D eigenvalue weighted by molar-refractivity contribution is 5.46. The molecule has 1 aliphatic heterocycles. The van der Waals surface area contributed by atoms with Gasteiger partial charge in [-0.1, -0.05) is 12.1 Å². The first-order valence-corrected chi connectivity index (χ1v) is 7.54. The predicted octanol–water partition coefficient (Wildman–Crippen LogP) is 4.06. The molecule has 2 aliphatic rings. The average Bonchev–Trinajstić information content (AvgIpc) is 2.89. The third-order valence-electron chi connectivity index (χ3n) is 4.81. The summed E-state index contributed by atoms with van der Waals surface area (Å²) in [5, 5.41) is 19.2. The molecule has 3 nitrogen and oxygen atoms in total. The highest BCUT2D eigenvalue weighted by Gasteiger charge is 2.45. The molecule has 0 amide bonds. The maximum absolute atomic E-state index is 14.0. The Hall–Kier alpha value is -2.23. The monoisotopic (exact) mass is 300 g/mol. The number of hydrogen-bond donors (Lipinski definition) is 2. The number of fused-ring (bicyclic) bond motifs is 3. The first kappa shape index (κ1) is 13.4. The van der Waals surface area contributed by atoms with E-state index >= 15 is 0 Å². The molecule has 1 aliphatic carbocycles. The fourth-order valence-electron chi connectivity index (χ4n) is 3.83. The Morgan fingerprint density at radius 1 is 0.955 bits per heavy atom. The molecule has 2 N–H and O–H groups in total. The molecular weight excluding hydrogens is 283 g/mol. The lowest BCUT2D eigenvalue weighted by Crippen LogP contribution is -2.26. The van der Waals surface area contributed by atoms with E-state index in [9.17, 15) is 14.6 Å². The fraction of sp³-hybridized carbons (Fsp3) is 0.333. The van der Waals surface area contributed by atoms with Gasteiger partial charge >= 0.3 is 0 Å². The second kappa shape index (κ2) is 4.90. The van der Waals surface area contributed by atoms with Crippen molar-refractivity contribution < 1.29 is 19.3 Å². The smallest absolute Gasteiger partial charge is 0.127 e. The van der Waals surface area contributed by atoms with Gasteiger partial charge in [-0.2, -0.15) is 0 Å². The first-order chi connectivity index (χ1) is 10.6. The summed E-state index contributed by atoms with van der Waals surface area (Å²) >= 11 is 0. The first-order valence-electron chi connectivity index (χ1n) is 7.54. The molecule has 1 fully saturated rings. The van der Waals surface area contributed by atoms with Crippen molar-refractivity contribution in [1.29, 1.82) is 0 Å². The minimum Gasteiger partial charge on any atom is -0.508 e. The molecule has 0 radical (unpaired) electrons. The van der Waals surface area contributed by atoms with Crippen molar-refractivity contribution in [2.75, 3.05) is 0 Å². The van der Waals surface area contributed by atoms with Crippen LogP contribution in [0.2, 0.25) is 0 Å². The lowest BCUT2D eigenvalue weighted by Gasteiger charge is -2.36. The Labute approximate surface area is 128 Å². The average molecular weight is 300 g/mol.